The molecule has 0 unspecified atom stereocenters. The van der Waals surface area contributed by atoms with Gasteiger partial charge in [-0.05, 0) is 48.5 Å². The van der Waals surface area contributed by atoms with Crippen molar-refractivity contribution in [1.82, 2.24) is 0 Å². The molecule has 1 aliphatic heterocycles. The number of rotatable bonds is 6. The molecule has 28 heavy (non-hydrogen) atoms. The molecule has 0 fully saturated rings. The molecule has 4 rings (SSSR count). The largest absolute Gasteiger partial charge is 0.495 e. The van der Waals surface area contributed by atoms with E-state index >= 15 is 0 Å². The van der Waals surface area contributed by atoms with E-state index in [1.807, 2.05) is 24.3 Å². The summed E-state index contributed by atoms with van der Waals surface area (Å²) in [6, 6.07) is 19.0. The van der Waals surface area contributed by atoms with E-state index in [2.05, 4.69) is 10.0 Å². The predicted molar refractivity (Wildman–Crippen MR) is 106 cm³/mol. The lowest BCUT2D eigenvalue weighted by Crippen LogP contribution is -2.12. The Morgan fingerprint density at radius 1 is 0.893 bits per heavy atom. The van der Waals surface area contributed by atoms with Crippen LogP contribution in [0.4, 0.5) is 17.1 Å². The van der Waals surface area contributed by atoms with Crippen molar-refractivity contribution in [3.8, 4) is 17.2 Å². The van der Waals surface area contributed by atoms with Crippen molar-refractivity contribution in [3.05, 3.63) is 66.7 Å². The molecule has 1 heterocycles. The maximum Gasteiger partial charge on any atom is 0.262 e. The number of benzene rings is 3. The summed E-state index contributed by atoms with van der Waals surface area (Å²) in [7, 11) is -2.14. The second-order valence-corrected chi connectivity index (χ2v) is 7.71. The van der Waals surface area contributed by atoms with E-state index in [-0.39, 0.29) is 11.7 Å². The third-order valence-corrected chi connectivity index (χ3v) is 5.56. The summed E-state index contributed by atoms with van der Waals surface area (Å²) >= 11 is 0. The quantitative estimate of drug-likeness (QED) is 0.654. The van der Waals surface area contributed by atoms with E-state index in [4.69, 9.17) is 14.2 Å². The van der Waals surface area contributed by atoms with Gasteiger partial charge < -0.3 is 19.5 Å². The number of fused-ring (bicyclic) bond motifs is 1. The van der Waals surface area contributed by atoms with Gasteiger partial charge >= 0.3 is 0 Å². The number of nitrogens with one attached hydrogen (secondary N) is 2. The van der Waals surface area contributed by atoms with Crippen LogP contribution in [-0.4, -0.2) is 22.3 Å². The topological polar surface area (TPSA) is 85.9 Å². The number of sulfonamides is 1. The van der Waals surface area contributed by atoms with Crippen molar-refractivity contribution >= 4 is 27.1 Å². The molecule has 0 aliphatic carbocycles. The summed E-state index contributed by atoms with van der Waals surface area (Å²) in [4.78, 5) is 0.105. The maximum atomic E-state index is 12.6. The zero-order valence-electron chi connectivity index (χ0n) is 15.0. The van der Waals surface area contributed by atoms with Gasteiger partial charge in [-0.1, -0.05) is 12.1 Å². The molecule has 0 saturated heterocycles. The fourth-order valence-corrected chi connectivity index (χ4v) is 3.86. The fraction of sp³-hybridized carbons (Fsp3) is 0.100. The molecule has 0 amide bonds. The highest BCUT2D eigenvalue weighted by Crippen LogP contribution is 2.34. The van der Waals surface area contributed by atoms with Gasteiger partial charge in [-0.3, -0.25) is 4.72 Å². The van der Waals surface area contributed by atoms with Crippen LogP contribution in [0.5, 0.6) is 17.2 Å². The molecule has 0 radical (unpaired) electrons. The molecule has 3 aromatic rings. The molecule has 2 N–H and O–H groups in total. The molecule has 1 aliphatic rings. The molecular formula is C20H18N2O5S. The standard InChI is InChI=1S/C20H18N2O5S/c1-25-18-5-3-2-4-17(18)21-14-6-8-15(9-7-14)22-28(23,24)16-10-11-19-20(12-16)27-13-26-19/h2-12,21-22H,13H2,1H3. The minimum Gasteiger partial charge on any atom is -0.495 e. The van der Waals surface area contributed by atoms with E-state index in [1.54, 1.807) is 37.4 Å². The first-order valence-corrected chi connectivity index (χ1v) is 9.96. The molecule has 0 bridgehead atoms. The molecule has 0 saturated carbocycles. The number of hydrogen-bond donors (Lipinski definition) is 2. The molecule has 0 aromatic heterocycles. The van der Waals surface area contributed by atoms with Crippen molar-refractivity contribution in [1.29, 1.82) is 0 Å². The highest BCUT2D eigenvalue weighted by atomic mass is 32.2. The summed E-state index contributed by atoms with van der Waals surface area (Å²) in [5.74, 6) is 1.67. The van der Waals surface area contributed by atoms with Crippen molar-refractivity contribution in [2.24, 2.45) is 0 Å². The Hall–Kier alpha value is -3.39. The van der Waals surface area contributed by atoms with Crippen LogP contribution >= 0.6 is 0 Å². The normalized spacial score (nSPS) is 12.5. The second kappa shape index (κ2) is 7.32. The average Bonchev–Trinajstić information content (AvgIpc) is 3.17. The molecule has 0 atom stereocenters. The van der Waals surface area contributed by atoms with Gasteiger partial charge in [-0.25, -0.2) is 8.42 Å². The van der Waals surface area contributed by atoms with Crippen LogP contribution < -0.4 is 24.2 Å². The van der Waals surface area contributed by atoms with E-state index in [1.165, 1.54) is 12.1 Å². The Bertz CT molecular complexity index is 1100. The third kappa shape index (κ3) is 3.67. The van der Waals surface area contributed by atoms with Crippen molar-refractivity contribution in [3.63, 3.8) is 0 Å². The van der Waals surface area contributed by atoms with Crippen LogP contribution in [0.25, 0.3) is 0 Å². The van der Waals surface area contributed by atoms with Crippen molar-refractivity contribution in [2.75, 3.05) is 23.9 Å². The van der Waals surface area contributed by atoms with Crippen LogP contribution in [0.1, 0.15) is 0 Å². The van der Waals surface area contributed by atoms with E-state index in [0.717, 1.165) is 17.1 Å². The van der Waals surface area contributed by atoms with Gasteiger partial charge in [0.2, 0.25) is 6.79 Å². The van der Waals surface area contributed by atoms with Crippen LogP contribution in [0.3, 0.4) is 0 Å². The lowest BCUT2D eigenvalue weighted by molar-refractivity contribution is 0.174. The zero-order valence-corrected chi connectivity index (χ0v) is 15.8. The summed E-state index contributed by atoms with van der Waals surface area (Å²) < 4.78 is 43.6. The Morgan fingerprint density at radius 3 is 2.39 bits per heavy atom. The van der Waals surface area contributed by atoms with Crippen molar-refractivity contribution in [2.45, 2.75) is 4.90 Å². The maximum absolute atomic E-state index is 12.6. The summed E-state index contributed by atoms with van der Waals surface area (Å²) in [5, 5.41) is 3.24. The summed E-state index contributed by atoms with van der Waals surface area (Å²) in [5.41, 5.74) is 2.07. The van der Waals surface area contributed by atoms with Crippen LogP contribution in [0.2, 0.25) is 0 Å². The SMILES string of the molecule is COc1ccccc1Nc1ccc(NS(=O)(=O)c2ccc3c(c2)OCO3)cc1. The Morgan fingerprint density at radius 2 is 1.61 bits per heavy atom. The lowest BCUT2D eigenvalue weighted by Gasteiger charge is -2.12. The molecule has 7 nitrogen and oxygen atoms in total. The van der Waals surface area contributed by atoms with E-state index < -0.39 is 10.0 Å². The highest BCUT2D eigenvalue weighted by Gasteiger charge is 2.20. The minimum atomic E-state index is -3.74. The van der Waals surface area contributed by atoms with Gasteiger partial charge in [-0.2, -0.15) is 0 Å². The molecule has 144 valence electrons. The summed E-state index contributed by atoms with van der Waals surface area (Å²) in [6.07, 6.45) is 0. The highest BCUT2D eigenvalue weighted by molar-refractivity contribution is 7.92. The number of methoxy groups -OCH3 is 1. The van der Waals surface area contributed by atoms with Gasteiger partial charge in [0, 0.05) is 17.4 Å². The van der Waals surface area contributed by atoms with Crippen LogP contribution in [-0.2, 0) is 10.0 Å². The van der Waals surface area contributed by atoms with Gasteiger partial charge in [0.05, 0.1) is 17.7 Å². The average molecular weight is 398 g/mol. The van der Waals surface area contributed by atoms with Gasteiger partial charge in [0.1, 0.15) is 5.75 Å². The molecule has 0 spiro atoms. The summed E-state index contributed by atoms with van der Waals surface area (Å²) in [6.45, 7) is 0.0902. The Kier molecular flexibility index (Phi) is 4.70. The second-order valence-electron chi connectivity index (χ2n) is 6.02. The lowest BCUT2D eigenvalue weighted by atomic mass is 10.2. The van der Waals surface area contributed by atoms with Crippen molar-refractivity contribution < 1.29 is 22.6 Å². The number of hydrogen-bond acceptors (Lipinski definition) is 6. The number of anilines is 3. The van der Waals surface area contributed by atoms with Gasteiger partial charge in [0.15, 0.2) is 11.5 Å². The molecule has 3 aromatic carbocycles. The smallest absolute Gasteiger partial charge is 0.262 e. The van der Waals surface area contributed by atoms with E-state index in [0.29, 0.717) is 17.2 Å². The number of ether oxygens (including phenoxy) is 3. The molecule has 8 heteroatoms. The first kappa shape index (κ1) is 18.0. The predicted octanol–water partition coefficient (Wildman–Crippen LogP) is 3.97. The first-order valence-electron chi connectivity index (χ1n) is 8.48. The Balaban J connectivity index is 1.49. The fourth-order valence-electron chi connectivity index (χ4n) is 2.78. The Labute approximate surface area is 162 Å². The first-order chi connectivity index (χ1) is 13.5. The minimum absolute atomic E-state index is 0.0902. The van der Waals surface area contributed by atoms with Crippen LogP contribution in [0.15, 0.2) is 71.6 Å². The van der Waals surface area contributed by atoms with Gasteiger partial charge in [-0.15, -0.1) is 0 Å². The zero-order chi connectivity index (χ0) is 19.6. The third-order valence-electron chi connectivity index (χ3n) is 4.18. The van der Waals surface area contributed by atoms with Gasteiger partial charge in [0.25, 0.3) is 10.0 Å². The van der Waals surface area contributed by atoms with Crippen LogP contribution in [0, 0.1) is 0 Å². The van der Waals surface area contributed by atoms with E-state index in [9.17, 15) is 8.42 Å². The number of para-hydroxylation sites is 2. The molecular weight excluding hydrogens is 380 g/mol. The monoisotopic (exact) mass is 398 g/mol.